The maximum atomic E-state index is 12.5. The number of nitrogens with zero attached hydrogens (tertiary/aromatic N) is 4. The first kappa shape index (κ1) is 17.2. The number of aromatic amines is 1. The highest BCUT2D eigenvalue weighted by atomic mass is 32.1. The lowest BCUT2D eigenvalue weighted by atomic mass is 10.1. The van der Waals surface area contributed by atoms with Crippen LogP contribution in [0.15, 0.2) is 36.0 Å². The molecule has 136 valence electrons. The summed E-state index contributed by atoms with van der Waals surface area (Å²) in [6.45, 7) is 1.93. The maximum Gasteiger partial charge on any atom is 0.268 e. The van der Waals surface area contributed by atoms with Gasteiger partial charge in [-0.3, -0.25) is 10.1 Å². The van der Waals surface area contributed by atoms with Gasteiger partial charge in [0.1, 0.15) is 11.6 Å². The van der Waals surface area contributed by atoms with E-state index in [2.05, 4.69) is 25.4 Å². The van der Waals surface area contributed by atoms with Crippen molar-refractivity contribution in [1.82, 2.24) is 15.2 Å². The molecule has 3 heterocycles. The average Bonchev–Trinajstić information content (AvgIpc) is 3.34. The van der Waals surface area contributed by atoms with Gasteiger partial charge in [-0.05, 0) is 31.4 Å². The van der Waals surface area contributed by atoms with Gasteiger partial charge in [0.05, 0.1) is 0 Å². The fourth-order valence-electron chi connectivity index (χ4n) is 3.16. The Labute approximate surface area is 160 Å². The molecular formula is C19H18N6OS. The fraction of sp³-hybridized carbons (Fsp3) is 0.263. The molecule has 1 saturated heterocycles. The number of carbonyl (C=O) groups excluding carboxylic acids is 1. The average molecular weight is 378 g/mol. The van der Waals surface area contributed by atoms with Gasteiger partial charge >= 0.3 is 0 Å². The number of amides is 1. The normalized spacial score (nSPS) is 14.9. The molecule has 7 nitrogen and oxygen atoms in total. The van der Waals surface area contributed by atoms with Crippen LogP contribution in [0.4, 0.5) is 10.3 Å². The molecule has 2 N–H and O–H groups in total. The Hall–Kier alpha value is -3.18. The SMILES string of the molecule is N#C/C(=C/c1c[nH]c2ccccc12)C(=O)Nc1nnc(N2CCCCC2)s1. The molecule has 0 saturated carbocycles. The number of para-hydroxylation sites is 1. The summed E-state index contributed by atoms with van der Waals surface area (Å²) in [5.74, 6) is -0.482. The van der Waals surface area contributed by atoms with E-state index in [0.717, 1.165) is 47.5 Å². The number of nitriles is 1. The van der Waals surface area contributed by atoms with E-state index >= 15 is 0 Å². The first-order valence-corrected chi connectivity index (χ1v) is 9.64. The number of H-pyrrole nitrogens is 1. The van der Waals surface area contributed by atoms with E-state index in [1.807, 2.05) is 30.3 Å². The molecule has 1 aliphatic rings. The predicted octanol–water partition coefficient (Wildman–Crippen LogP) is 3.56. The minimum atomic E-state index is -0.482. The quantitative estimate of drug-likeness (QED) is 0.534. The zero-order valence-corrected chi connectivity index (χ0v) is 15.4. The summed E-state index contributed by atoms with van der Waals surface area (Å²) in [4.78, 5) is 17.8. The monoisotopic (exact) mass is 378 g/mol. The molecule has 1 aliphatic heterocycles. The number of anilines is 2. The smallest absolute Gasteiger partial charge is 0.268 e. The van der Waals surface area contributed by atoms with E-state index in [9.17, 15) is 10.1 Å². The van der Waals surface area contributed by atoms with Crippen LogP contribution in [0.3, 0.4) is 0 Å². The van der Waals surface area contributed by atoms with Crippen molar-refractivity contribution in [3.8, 4) is 6.07 Å². The summed E-state index contributed by atoms with van der Waals surface area (Å²) < 4.78 is 0. The number of rotatable bonds is 4. The first-order valence-electron chi connectivity index (χ1n) is 8.82. The van der Waals surface area contributed by atoms with Crippen LogP contribution in [0.5, 0.6) is 0 Å². The Kier molecular flexibility index (Phi) is 4.85. The van der Waals surface area contributed by atoms with E-state index in [0.29, 0.717) is 5.13 Å². The molecule has 1 aromatic carbocycles. The van der Waals surface area contributed by atoms with Gasteiger partial charge < -0.3 is 9.88 Å². The molecule has 3 aromatic rings. The highest BCUT2D eigenvalue weighted by molar-refractivity contribution is 7.19. The molecule has 0 unspecified atom stereocenters. The van der Waals surface area contributed by atoms with Gasteiger partial charge in [0.25, 0.3) is 5.91 Å². The number of piperidine rings is 1. The number of nitrogens with one attached hydrogen (secondary N) is 2. The lowest BCUT2D eigenvalue weighted by molar-refractivity contribution is -0.112. The molecule has 0 spiro atoms. The number of fused-ring (bicyclic) bond motifs is 1. The molecule has 27 heavy (non-hydrogen) atoms. The van der Waals surface area contributed by atoms with Crippen LogP contribution in [0.1, 0.15) is 24.8 Å². The fourth-order valence-corrected chi connectivity index (χ4v) is 3.95. The summed E-state index contributed by atoms with van der Waals surface area (Å²) in [6.07, 6.45) is 6.90. The van der Waals surface area contributed by atoms with Crippen LogP contribution in [-0.4, -0.2) is 34.2 Å². The predicted molar refractivity (Wildman–Crippen MR) is 106 cm³/mol. The largest absolute Gasteiger partial charge is 0.361 e. The van der Waals surface area contributed by atoms with Gasteiger partial charge in [-0.2, -0.15) is 5.26 Å². The summed E-state index contributed by atoms with van der Waals surface area (Å²) in [5, 5.41) is 22.5. The van der Waals surface area contributed by atoms with E-state index < -0.39 is 5.91 Å². The number of hydrogen-bond acceptors (Lipinski definition) is 6. The van der Waals surface area contributed by atoms with Crippen molar-refractivity contribution >= 4 is 44.5 Å². The van der Waals surface area contributed by atoms with Crippen molar-refractivity contribution in [3.63, 3.8) is 0 Å². The van der Waals surface area contributed by atoms with Crippen LogP contribution in [0.2, 0.25) is 0 Å². The zero-order valence-electron chi connectivity index (χ0n) is 14.6. The number of carbonyl (C=O) groups is 1. The zero-order chi connectivity index (χ0) is 18.6. The van der Waals surface area contributed by atoms with E-state index in [1.165, 1.54) is 17.8 Å². The third kappa shape index (κ3) is 3.68. The van der Waals surface area contributed by atoms with Crippen molar-refractivity contribution < 1.29 is 4.79 Å². The second-order valence-corrected chi connectivity index (χ2v) is 7.31. The Balaban J connectivity index is 1.51. The van der Waals surface area contributed by atoms with Crippen LogP contribution in [0, 0.1) is 11.3 Å². The minimum absolute atomic E-state index is 0.0227. The molecule has 0 bridgehead atoms. The summed E-state index contributed by atoms with van der Waals surface area (Å²) in [5.41, 5.74) is 1.77. The van der Waals surface area contributed by atoms with Gasteiger partial charge in [0.2, 0.25) is 10.3 Å². The van der Waals surface area contributed by atoms with Crippen LogP contribution >= 0.6 is 11.3 Å². The summed E-state index contributed by atoms with van der Waals surface area (Å²) >= 11 is 1.34. The highest BCUT2D eigenvalue weighted by Crippen LogP contribution is 2.27. The van der Waals surface area contributed by atoms with Gasteiger partial charge in [-0.25, -0.2) is 0 Å². The standard InChI is InChI=1S/C19H18N6OS/c20-11-13(10-14-12-21-16-7-3-2-6-15(14)16)17(26)22-18-23-24-19(27-18)25-8-4-1-5-9-25/h2-3,6-7,10,12,21H,1,4-5,8-9H2,(H,22,23,26)/b13-10-. The molecule has 2 aromatic heterocycles. The van der Waals surface area contributed by atoms with Gasteiger partial charge in [0.15, 0.2) is 0 Å². The first-order chi connectivity index (χ1) is 13.2. The Bertz CT molecular complexity index is 1040. The molecule has 0 aliphatic carbocycles. The van der Waals surface area contributed by atoms with Crippen LogP contribution < -0.4 is 10.2 Å². The summed E-state index contributed by atoms with van der Waals surface area (Å²) in [7, 11) is 0. The topological polar surface area (TPSA) is 97.7 Å². The molecule has 0 atom stereocenters. The maximum absolute atomic E-state index is 12.5. The minimum Gasteiger partial charge on any atom is -0.361 e. The number of hydrogen-bond donors (Lipinski definition) is 2. The van der Waals surface area contributed by atoms with Crippen molar-refractivity contribution in [3.05, 3.63) is 41.6 Å². The summed E-state index contributed by atoms with van der Waals surface area (Å²) in [6, 6.07) is 9.72. The lowest BCUT2D eigenvalue weighted by Crippen LogP contribution is -2.29. The molecule has 1 fully saturated rings. The second-order valence-electron chi connectivity index (χ2n) is 6.35. The molecule has 0 radical (unpaired) electrons. The van der Waals surface area contributed by atoms with Gasteiger partial charge in [-0.1, -0.05) is 29.5 Å². The molecule has 8 heteroatoms. The Morgan fingerprint density at radius 1 is 1.26 bits per heavy atom. The third-order valence-electron chi connectivity index (χ3n) is 4.55. The number of benzene rings is 1. The van der Waals surface area contributed by atoms with E-state index in [1.54, 1.807) is 12.3 Å². The van der Waals surface area contributed by atoms with Crippen molar-refractivity contribution in [2.45, 2.75) is 19.3 Å². The van der Waals surface area contributed by atoms with Gasteiger partial charge in [-0.15, -0.1) is 10.2 Å². The van der Waals surface area contributed by atoms with Crippen LogP contribution in [-0.2, 0) is 4.79 Å². The number of aromatic nitrogens is 3. The van der Waals surface area contributed by atoms with Crippen molar-refractivity contribution in [2.75, 3.05) is 23.3 Å². The molecule has 4 rings (SSSR count). The van der Waals surface area contributed by atoms with Crippen molar-refractivity contribution in [1.29, 1.82) is 5.26 Å². The van der Waals surface area contributed by atoms with E-state index in [4.69, 9.17) is 0 Å². The Morgan fingerprint density at radius 3 is 2.89 bits per heavy atom. The Morgan fingerprint density at radius 2 is 2.07 bits per heavy atom. The van der Waals surface area contributed by atoms with Gasteiger partial charge in [0, 0.05) is 35.8 Å². The second kappa shape index (κ2) is 7.60. The molecule has 1 amide bonds. The molecular weight excluding hydrogens is 360 g/mol. The third-order valence-corrected chi connectivity index (χ3v) is 5.45. The van der Waals surface area contributed by atoms with E-state index in [-0.39, 0.29) is 5.57 Å². The van der Waals surface area contributed by atoms with Crippen molar-refractivity contribution in [2.24, 2.45) is 0 Å². The van der Waals surface area contributed by atoms with Crippen LogP contribution in [0.25, 0.3) is 17.0 Å². The lowest BCUT2D eigenvalue weighted by Gasteiger charge is -2.25. The highest BCUT2D eigenvalue weighted by Gasteiger charge is 2.18.